The van der Waals surface area contributed by atoms with Gasteiger partial charge in [-0.2, -0.15) is 0 Å². The van der Waals surface area contributed by atoms with E-state index in [0.29, 0.717) is 12.2 Å². The monoisotopic (exact) mass is 342 g/mol. The number of carbonyl (C=O) groups is 2. The molecule has 134 valence electrons. The Morgan fingerprint density at radius 3 is 2.20 bits per heavy atom. The smallest absolute Gasteiger partial charge is 0.324 e. The fourth-order valence-electron chi connectivity index (χ4n) is 2.53. The summed E-state index contributed by atoms with van der Waals surface area (Å²) in [5.74, 6) is 0.112. The lowest BCUT2D eigenvalue weighted by Crippen LogP contribution is -2.39. The average Bonchev–Trinajstić information content (AvgIpc) is 2.66. The highest BCUT2D eigenvalue weighted by Gasteiger charge is 2.17. The average molecular weight is 342 g/mol. The zero-order chi connectivity index (χ0) is 18.7. The summed E-state index contributed by atoms with van der Waals surface area (Å²) >= 11 is 0. The maximum Gasteiger partial charge on any atom is 0.324 e. The SMILES string of the molecule is C=O.CN(CCCCc1ccccc1)C(=O)N(C)c1ccccc1O. The van der Waals surface area contributed by atoms with E-state index in [9.17, 15) is 9.90 Å². The fraction of sp³-hybridized carbons (Fsp3) is 0.300. The Bertz CT molecular complexity index is 646. The molecule has 0 heterocycles. The second-order valence-corrected chi connectivity index (χ2v) is 5.69. The number of carbonyl (C=O) groups excluding carboxylic acids is 2. The summed E-state index contributed by atoms with van der Waals surface area (Å²) in [5, 5.41) is 9.84. The van der Waals surface area contributed by atoms with Gasteiger partial charge in [-0.05, 0) is 37.0 Å². The van der Waals surface area contributed by atoms with Crippen LogP contribution in [0.2, 0.25) is 0 Å². The highest BCUT2D eigenvalue weighted by atomic mass is 16.3. The van der Waals surface area contributed by atoms with E-state index >= 15 is 0 Å². The van der Waals surface area contributed by atoms with Crippen LogP contribution in [0.1, 0.15) is 18.4 Å². The van der Waals surface area contributed by atoms with E-state index in [2.05, 4.69) is 12.1 Å². The van der Waals surface area contributed by atoms with Crippen LogP contribution in [0.15, 0.2) is 54.6 Å². The van der Waals surface area contributed by atoms with E-state index in [1.54, 1.807) is 43.3 Å². The number of anilines is 1. The Morgan fingerprint density at radius 1 is 0.960 bits per heavy atom. The highest BCUT2D eigenvalue weighted by molar-refractivity contribution is 5.92. The molecule has 0 saturated carbocycles. The van der Waals surface area contributed by atoms with Crippen molar-refractivity contribution in [2.45, 2.75) is 19.3 Å². The third kappa shape index (κ3) is 6.30. The summed E-state index contributed by atoms with van der Waals surface area (Å²) in [6, 6.07) is 17.1. The molecule has 0 aromatic heterocycles. The van der Waals surface area contributed by atoms with Crippen molar-refractivity contribution in [2.24, 2.45) is 0 Å². The van der Waals surface area contributed by atoms with Gasteiger partial charge in [0.25, 0.3) is 0 Å². The van der Waals surface area contributed by atoms with Gasteiger partial charge < -0.3 is 14.8 Å². The number of hydrogen-bond acceptors (Lipinski definition) is 3. The van der Waals surface area contributed by atoms with Gasteiger partial charge in [0.1, 0.15) is 12.5 Å². The van der Waals surface area contributed by atoms with E-state index in [-0.39, 0.29) is 11.8 Å². The zero-order valence-corrected chi connectivity index (χ0v) is 14.9. The molecule has 0 spiro atoms. The molecule has 0 fully saturated rings. The van der Waals surface area contributed by atoms with Gasteiger partial charge in [0.15, 0.2) is 0 Å². The van der Waals surface area contributed by atoms with Crippen molar-refractivity contribution < 1.29 is 14.7 Å². The third-order valence-corrected chi connectivity index (χ3v) is 3.91. The van der Waals surface area contributed by atoms with Gasteiger partial charge in [0.05, 0.1) is 5.69 Å². The predicted octanol–water partition coefficient (Wildman–Crippen LogP) is 3.72. The summed E-state index contributed by atoms with van der Waals surface area (Å²) in [5.41, 5.74) is 1.85. The van der Waals surface area contributed by atoms with Crippen molar-refractivity contribution in [1.82, 2.24) is 4.90 Å². The topological polar surface area (TPSA) is 60.9 Å². The molecule has 2 aromatic rings. The number of phenols is 1. The van der Waals surface area contributed by atoms with Crippen molar-refractivity contribution in [3.8, 4) is 5.75 Å². The van der Waals surface area contributed by atoms with Crippen molar-refractivity contribution >= 4 is 18.5 Å². The Morgan fingerprint density at radius 2 is 1.56 bits per heavy atom. The minimum atomic E-state index is -0.119. The molecule has 0 saturated heterocycles. The summed E-state index contributed by atoms with van der Waals surface area (Å²) < 4.78 is 0. The molecule has 0 unspecified atom stereocenters. The lowest BCUT2D eigenvalue weighted by atomic mass is 10.1. The second-order valence-electron chi connectivity index (χ2n) is 5.69. The number of benzene rings is 2. The first-order chi connectivity index (χ1) is 12.1. The molecule has 0 aliphatic rings. The van der Waals surface area contributed by atoms with Crippen LogP contribution < -0.4 is 4.90 Å². The lowest BCUT2D eigenvalue weighted by Gasteiger charge is -2.25. The molecular weight excluding hydrogens is 316 g/mol. The lowest BCUT2D eigenvalue weighted by molar-refractivity contribution is -0.0979. The number of hydrogen-bond donors (Lipinski definition) is 1. The number of unbranched alkanes of at least 4 members (excludes halogenated alkanes) is 1. The zero-order valence-electron chi connectivity index (χ0n) is 14.9. The first kappa shape index (κ1) is 20.2. The summed E-state index contributed by atoms with van der Waals surface area (Å²) in [4.78, 5) is 23.6. The quantitative estimate of drug-likeness (QED) is 0.814. The molecule has 5 heteroatoms. The maximum atomic E-state index is 12.4. The van der Waals surface area contributed by atoms with Crippen molar-refractivity contribution in [2.75, 3.05) is 25.5 Å². The van der Waals surface area contributed by atoms with E-state index in [0.717, 1.165) is 19.3 Å². The second kappa shape index (κ2) is 10.9. The van der Waals surface area contributed by atoms with Crippen LogP contribution in [0.25, 0.3) is 0 Å². The van der Waals surface area contributed by atoms with Gasteiger partial charge in [-0.25, -0.2) is 4.79 Å². The van der Waals surface area contributed by atoms with Crippen molar-refractivity contribution in [3.05, 3.63) is 60.2 Å². The van der Waals surface area contributed by atoms with E-state index in [4.69, 9.17) is 4.79 Å². The molecule has 0 atom stereocenters. The molecule has 1 N–H and O–H groups in total. The van der Waals surface area contributed by atoms with Crippen LogP contribution in [-0.4, -0.2) is 43.5 Å². The van der Waals surface area contributed by atoms with Crippen LogP contribution in [0.4, 0.5) is 10.5 Å². The molecule has 2 rings (SSSR count). The maximum absolute atomic E-state index is 12.4. The van der Waals surface area contributed by atoms with Gasteiger partial charge in [-0.1, -0.05) is 42.5 Å². The molecule has 0 aliphatic heterocycles. The third-order valence-electron chi connectivity index (χ3n) is 3.91. The Kier molecular flexibility index (Phi) is 8.79. The van der Waals surface area contributed by atoms with Gasteiger partial charge >= 0.3 is 6.03 Å². The fourth-order valence-corrected chi connectivity index (χ4v) is 2.53. The van der Waals surface area contributed by atoms with E-state index in [1.807, 2.05) is 25.0 Å². The van der Waals surface area contributed by atoms with Gasteiger partial charge in [-0.15, -0.1) is 0 Å². The number of phenolic OH excluding ortho intramolecular Hbond substituents is 1. The molecule has 2 aromatic carbocycles. The van der Waals surface area contributed by atoms with Crippen molar-refractivity contribution in [1.29, 1.82) is 0 Å². The van der Waals surface area contributed by atoms with E-state index in [1.165, 1.54) is 10.5 Å². The molecule has 0 radical (unpaired) electrons. The first-order valence-corrected chi connectivity index (χ1v) is 8.19. The van der Waals surface area contributed by atoms with Crippen molar-refractivity contribution in [3.63, 3.8) is 0 Å². The summed E-state index contributed by atoms with van der Waals surface area (Å²) in [7, 11) is 3.47. The van der Waals surface area contributed by atoms with Gasteiger partial charge in [0.2, 0.25) is 0 Å². The number of nitrogens with zero attached hydrogens (tertiary/aromatic N) is 2. The Balaban J connectivity index is 0.00000151. The molecule has 0 bridgehead atoms. The largest absolute Gasteiger partial charge is 0.506 e. The number of amides is 2. The number of urea groups is 1. The normalized spacial score (nSPS) is 9.68. The predicted molar refractivity (Wildman–Crippen MR) is 101 cm³/mol. The highest BCUT2D eigenvalue weighted by Crippen LogP contribution is 2.25. The number of aromatic hydroxyl groups is 1. The Hall–Kier alpha value is -2.82. The van der Waals surface area contributed by atoms with Gasteiger partial charge in [-0.3, -0.25) is 4.90 Å². The summed E-state index contributed by atoms with van der Waals surface area (Å²) in [6.45, 7) is 2.70. The number of para-hydroxylation sites is 2. The van der Waals surface area contributed by atoms with Crippen LogP contribution >= 0.6 is 0 Å². The number of rotatable bonds is 6. The van der Waals surface area contributed by atoms with Crippen LogP contribution in [0.5, 0.6) is 5.75 Å². The molecule has 2 amide bonds. The number of aryl methyl sites for hydroxylation is 1. The Labute approximate surface area is 149 Å². The minimum absolute atomic E-state index is 0.112. The van der Waals surface area contributed by atoms with Crippen LogP contribution in [-0.2, 0) is 11.2 Å². The molecule has 25 heavy (non-hydrogen) atoms. The first-order valence-electron chi connectivity index (χ1n) is 8.19. The molecule has 0 aliphatic carbocycles. The summed E-state index contributed by atoms with van der Waals surface area (Å²) in [6.07, 6.45) is 3.02. The minimum Gasteiger partial charge on any atom is -0.506 e. The van der Waals surface area contributed by atoms with Gasteiger partial charge in [0, 0.05) is 20.6 Å². The van der Waals surface area contributed by atoms with E-state index < -0.39 is 0 Å². The van der Waals surface area contributed by atoms with Crippen LogP contribution in [0, 0.1) is 0 Å². The van der Waals surface area contributed by atoms with Crippen LogP contribution in [0.3, 0.4) is 0 Å². The molecule has 5 nitrogen and oxygen atoms in total. The molecular formula is C20H26N2O3. The standard InChI is InChI=1S/C19H24N2O2.CH2O/c1-20(15-9-8-12-16-10-4-3-5-11-16)19(23)21(2)17-13-6-7-14-18(17)22;1-2/h3-7,10-11,13-14,22H,8-9,12,15H2,1-2H3;1H2.